The van der Waals surface area contributed by atoms with E-state index in [4.69, 9.17) is 5.73 Å². The highest BCUT2D eigenvalue weighted by atomic mass is 15.3. The van der Waals surface area contributed by atoms with Gasteiger partial charge >= 0.3 is 0 Å². The summed E-state index contributed by atoms with van der Waals surface area (Å²) in [5, 5.41) is 16.7. The van der Waals surface area contributed by atoms with E-state index in [2.05, 4.69) is 20.4 Å². The molecule has 6 nitrogen and oxygen atoms in total. The standard InChI is InChI=1S/C13H10N6/c14-8-5-6-11-16-18-13(19(11)7-8)12-9-3-1-2-4-10(9)15-17-12/h1-7H,14H2,(H,15,17). The maximum atomic E-state index is 5.81. The number of anilines is 1. The van der Waals surface area contributed by atoms with Crippen molar-refractivity contribution in [3.05, 3.63) is 42.6 Å². The minimum absolute atomic E-state index is 0.661. The van der Waals surface area contributed by atoms with Crippen molar-refractivity contribution in [3.8, 4) is 11.5 Å². The van der Waals surface area contributed by atoms with Crippen LogP contribution < -0.4 is 5.73 Å². The van der Waals surface area contributed by atoms with E-state index < -0.39 is 0 Å². The highest BCUT2D eigenvalue weighted by Crippen LogP contribution is 2.25. The molecule has 4 aromatic rings. The Labute approximate surface area is 107 Å². The average molecular weight is 250 g/mol. The molecule has 0 amide bonds. The van der Waals surface area contributed by atoms with Crippen molar-refractivity contribution in [3.63, 3.8) is 0 Å². The maximum Gasteiger partial charge on any atom is 0.189 e. The van der Waals surface area contributed by atoms with E-state index in [0.717, 1.165) is 22.2 Å². The molecule has 3 heterocycles. The first-order valence-corrected chi connectivity index (χ1v) is 5.87. The summed E-state index contributed by atoms with van der Waals surface area (Å²) >= 11 is 0. The van der Waals surface area contributed by atoms with E-state index in [-0.39, 0.29) is 0 Å². The quantitative estimate of drug-likeness (QED) is 0.540. The predicted octanol–water partition coefficient (Wildman–Crippen LogP) is 1.85. The Kier molecular flexibility index (Phi) is 1.88. The molecule has 0 aliphatic heterocycles. The third kappa shape index (κ3) is 1.40. The SMILES string of the molecule is Nc1ccc2nnc(-c3n[nH]c4ccccc34)n2c1. The van der Waals surface area contributed by atoms with E-state index in [1.54, 1.807) is 12.3 Å². The lowest BCUT2D eigenvalue weighted by Gasteiger charge is -1.98. The number of hydrogen-bond donors (Lipinski definition) is 2. The van der Waals surface area contributed by atoms with Crippen molar-refractivity contribution >= 4 is 22.2 Å². The molecular formula is C13H10N6. The molecule has 92 valence electrons. The van der Waals surface area contributed by atoms with Crippen molar-refractivity contribution in [2.24, 2.45) is 0 Å². The summed E-state index contributed by atoms with van der Waals surface area (Å²) in [4.78, 5) is 0. The Balaban J connectivity index is 2.06. The zero-order valence-corrected chi connectivity index (χ0v) is 9.91. The van der Waals surface area contributed by atoms with Crippen molar-refractivity contribution < 1.29 is 0 Å². The fourth-order valence-corrected chi connectivity index (χ4v) is 2.20. The molecule has 0 radical (unpaired) electrons. The maximum absolute atomic E-state index is 5.81. The second-order valence-electron chi connectivity index (χ2n) is 4.33. The molecule has 0 saturated heterocycles. The van der Waals surface area contributed by atoms with Crippen molar-refractivity contribution in [1.29, 1.82) is 0 Å². The fraction of sp³-hybridized carbons (Fsp3) is 0. The lowest BCUT2D eigenvalue weighted by atomic mass is 10.2. The molecule has 1 aromatic carbocycles. The van der Waals surface area contributed by atoms with Gasteiger partial charge in [0.05, 0.1) is 5.52 Å². The van der Waals surface area contributed by atoms with Gasteiger partial charge in [-0.3, -0.25) is 9.50 Å². The molecular weight excluding hydrogens is 240 g/mol. The molecule has 0 unspecified atom stereocenters. The summed E-state index contributed by atoms with van der Waals surface area (Å²) in [6.45, 7) is 0. The van der Waals surface area contributed by atoms with Gasteiger partial charge in [-0.25, -0.2) is 0 Å². The first-order chi connectivity index (χ1) is 9.33. The Hall–Kier alpha value is -2.89. The van der Waals surface area contributed by atoms with Crippen LogP contribution in [0.2, 0.25) is 0 Å². The number of rotatable bonds is 1. The molecule has 0 bridgehead atoms. The van der Waals surface area contributed by atoms with Crippen LogP contribution in [0.25, 0.3) is 28.1 Å². The summed E-state index contributed by atoms with van der Waals surface area (Å²) in [6.07, 6.45) is 1.80. The van der Waals surface area contributed by atoms with Crippen LogP contribution in [0.1, 0.15) is 0 Å². The zero-order valence-electron chi connectivity index (χ0n) is 9.91. The first-order valence-electron chi connectivity index (χ1n) is 5.87. The number of H-pyrrole nitrogens is 1. The minimum Gasteiger partial charge on any atom is -0.398 e. The molecule has 0 aliphatic rings. The number of nitrogens with zero attached hydrogens (tertiary/aromatic N) is 4. The highest BCUT2D eigenvalue weighted by molar-refractivity contribution is 5.91. The van der Waals surface area contributed by atoms with E-state index >= 15 is 0 Å². The molecule has 0 atom stereocenters. The molecule has 4 rings (SSSR count). The lowest BCUT2D eigenvalue weighted by Crippen LogP contribution is -1.93. The van der Waals surface area contributed by atoms with Crippen LogP contribution >= 0.6 is 0 Å². The number of hydrogen-bond acceptors (Lipinski definition) is 4. The topological polar surface area (TPSA) is 84.9 Å². The zero-order chi connectivity index (χ0) is 12.8. The smallest absolute Gasteiger partial charge is 0.189 e. The van der Waals surface area contributed by atoms with Crippen LogP contribution in [0.3, 0.4) is 0 Å². The summed E-state index contributed by atoms with van der Waals surface area (Å²) < 4.78 is 1.85. The van der Waals surface area contributed by atoms with Crippen LogP contribution in [0.4, 0.5) is 5.69 Å². The van der Waals surface area contributed by atoms with Crippen LogP contribution in [0.5, 0.6) is 0 Å². The van der Waals surface area contributed by atoms with Gasteiger partial charge in [0.25, 0.3) is 0 Å². The lowest BCUT2D eigenvalue weighted by molar-refractivity contribution is 1.06. The van der Waals surface area contributed by atoms with E-state index in [9.17, 15) is 0 Å². The number of aromatic amines is 1. The van der Waals surface area contributed by atoms with Gasteiger partial charge in [0.1, 0.15) is 5.69 Å². The molecule has 0 saturated carbocycles. The molecule has 6 heteroatoms. The van der Waals surface area contributed by atoms with Crippen LogP contribution in [-0.2, 0) is 0 Å². The van der Waals surface area contributed by atoms with E-state index in [1.165, 1.54) is 0 Å². The summed E-state index contributed by atoms with van der Waals surface area (Å²) in [5.41, 5.74) is 8.96. The second kappa shape index (κ2) is 3.55. The third-order valence-electron chi connectivity index (χ3n) is 3.11. The Bertz CT molecular complexity index is 888. The van der Waals surface area contributed by atoms with Gasteiger partial charge in [0.2, 0.25) is 0 Å². The summed E-state index contributed by atoms with van der Waals surface area (Å²) in [7, 11) is 0. The Morgan fingerprint density at radius 3 is 2.89 bits per heavy atom. The van der Waals surface area contributed by atoms with Crippen molar-refractivity contribution in [2.45, 2.75) is 0 Å². The molecule has 3 N–H and O–H groups in total. The number of para-hydroxylation sites is 1. The number of pyridine rings is 1. The van der Waals surface area contributed by atoms with Crippen molar-refractivity contribution in [2.75, 3.05) is 5.73 Å². The van der Waals surface area contributed by atoms with Gasteiger partial charge in [0, 0.05) is 17.3 Å². The number of benzene rings is 1. The average Bonchev–Trinajstić information content (AvgIpc) is 3.01. The molecule has 19 heavy (non-hydrogen) atoms. The molecule has 3 aromatic heterocycles. The second-order valence-corrected chi connectivity index (χ2v) is 4.33. The van der Waals surface area contributed by atoms with Crippen LogP contribution in [0, 0.1) is 0 Å². The third-order valence-corrected chi connectivity index (χ3v) is 3.11. The number of nitrogen functional groups attached to an aromatic ring is 1. The fourth-order valence-electron chi connectivity index (χ4n) is 2.20. The molecule has 0 spiro atoms. The Morgan fingerprint density at radius 1 is 1.05 bits per heavy atom. The number of fused-ring (bicyclic) bond motifs is 2. The highest BCUT2D eigenvalue weighted by Gasteiger charge is 2.14. The van der Waals surface area contributed by atoms with Gasteiger partial charge < -0.3 is 5.73 Å². The van der Waals surface area contributed by atoms with Gasteiger partial charge in [-0.2, -0.15) is 5.10 Å². The predicted molar refractivity (Wildman–Crippen MR) is 72.5 cm³/mol. The van der Waals surface area contributed by atoms with E-state index in [1.807, 2.05) is 34.7 Å². The molecule has 0 fully saturated rings. The number of aromatic nitrogens is 5. The van der Waals surface area contributed by atoms with E-state index in [0.29, 0.717) is 11.5 Å². The van der Waals surface area contributed by atoms with Gasteiger partial charge in [-0.05, 0) is 18.2 Å². The molecule has 0 aliphatic carbocycles. The van der Waals surface area contributed by atoms with Gasteiger partial charge in [0.15, 0.2) is 11.5 Å². The van der Waals surface area contributed by atoms with Gasteiger partial charge in [-0.15, -0.1) is 10.2 Å². The van der Waals surface area contributed by atoms with Crippen LogP contribution in [0.15, 0.2) is 42.6 Å². The number of nitrogens with two attached hydrogens (primary N) is 1. The monoisotopic (exact) mass is 250 g/mol. The number of nitrogens with one attached hydrogen (secondary N) is 1. The Morgan fingerprint density at radius 2 is 1.95 bits per heavy atom. The summed E-state index contributed by atoms with van der Waals surface area (Å²) in [6, 6.07) is 11.5. The van der Waals surface area contributed by atoms with Crippen LogP contribution in [-0.4, -0.2) is 24.8 Å². The normalized spacial score (nSPS) is 11.4. The minimum atomic E-state index is 0.661. The largest absolute Gasteiger partial charge is 0.398 e. The van der Waals surface area contributed by atoms with Crippen molar-refractivity contribution in [1.82, 2.24) is 24.8 Å². The van der Waals surface area contributed by atoms with Gasteiger partial charge in [-0.1, -0.05) is 18.2 Å². The first kappa shape index (κ1) is 10.1. The summed E-state index contributed by atoms with van der Waals surface area (Å²) in [5.74, 6) is 0.680.